The van der Waals surface area contributed by atoms with E-state index in [1.54, 1.807) is 6.07 Å². The number of rotatable bonds is 4. The summed E-state index contributed by atoms with van der Waals surface area (Å²) in [4.78, 5) is 4.54. The standard InChI is InChI=1S/C16H20ClFN2O/c1-11(17)16-19-14-6-5-12(18)10-15(14)20(16)8-7-13-4-2-3-9-21-13/h5-6,10-11,13H,2-4,7-9H2,1H3. The number of benzene rings is 1. The molecular weight excluding hydrogens is 291 g/mol. The summed E-state index contributed by atoms with van der Waals surface area (Å²) in [5, 5.41) is -0.201. The van der Waals surface area contributed by atoms with Crippen molar-refractivity contribution in [1.29, 1.82) is 0 Å². The number of fused-ring (bicyclic) bond motifs is 1. The Kier molecular flexibility index (Phi) is 4.45. The van der Waals surface area contributed by atoms with Gasteiger partial charge in [-0.25, -0.2) is 9.37 Å². The van der Waals surface area contributed by atoms with Gasteiger partial charge in [0.05, 0.1) is 22.5 Å². The van der Waals surface area contributed by atoms with E-state index in [0.29, 0.717) is 6.10 Å². The molecule has 1 aliphatic rings. The first-order valence-corrected chi connectivity index (χ1v) is 8.00. The summed E-state index contributed by atoms with van der Waals surface area (Å²) < 4.78 is 21.3. The van der Waals surface area contributed by atoms with Gasteiger partial charge in [-0.2, -0.15) is 0 Å². The lowest BCUT2D eigenvalue weighted by atomic mass is 10.1. The summed E-state index contributed by atoms with van der Waals surface area (Å²) in [6.07, 6.45) is 4.69. The molecule has 1 aromatic carbocycles. The maximum atomic E-state index is 13.5. The summed E-state index contributed by atoms with van der Waals surface area (Å²) >= 11 is 6.23. The zero-order valence-electron chi connectivity index (χ0n) is 12.2. The Morgan fingerprint density at radius 1 is 1.48 bits per heavy atom. The van der Waals surface area contributed by atoms with Crippen LogP contribution in [0.5, 0.6) is 0 Å². The lowest BCUT2D eigenvalue weighted by molar-refractivity contribution is 0.00886. The highest BCUT2D eigenvalue weighted by atomic mass is 35.5. The molecule has 1 aromatic heterocycles. The molecule has 1 aliphatic heterocycles. The average molecular weight is 311 g/mol. The molecule has 0 radical (unpaired) electrons. The molecule has 0 spiro atoms. The Morgan fingerprint density at radius 2 is 2.33 bits per heavy atom. The van der Waals surface area contributed by atoms with Gasteiger partial charge in [-0.05, 0) is 50.8 Å². The molecule has 2 atom stereocenters. The number of ether oxygens (including phenoxy) is 1. The topological polar surface area (TPSA) is 27.1 Å². The second-order valence-electron chi connectivity index (χ2n) is 5.65. The van der Waals surface area contributed by atoms with Crippen LogP contribution >= 0.6 is 11.6 Å². The highest BCUT2D eigenvalue weighted by Gasteiger charge is 2.18. The second kappa shape index (κ2) is 6.32. The van der Waals surface area contributed by atoms with E-state index in [1.807, 2.05) is 11.5 Å². The molecule has 2 unspecified atom stereocenters. The molecule has 0 bridgehead atoms. The van der Waals surface area contributed by atoms with Crippen LogP contribution in [0.1, 0.15) is 43.8 Å². The smallest absolute Gasteiger partial charge is 0.127 e. The number of hydrogen-bond acceptors (Lipinski definition) is 2. The van der Waals surface area contributed by atoms with E-state index < -0.39 is 0 Å². The fourth-order valence-corrected chi connectivity index (χ4v) is 3.13. The lowest BCUT2D eigenvalue weighted by Crippen LogP contribution is -2.21. The molecule has 0 saturated carbocycles. The van der Waals surface area contributed by atoms with Gasteiger partial charge >= 0.3 is 0 Å². The summed E-state index contributed by atoms with van der Waals surface area (Å²) in [5.41, 5.74) is 1.61. The first kappa shape index (κ1) is 14.8. The highest BCUT2D eigenvalue weighted by molar-refractivity contribution is 6.20. The summed E-state index contributed by atoms with van der Waals surface area (Å²) in [6.45, 7) is 3.51. The van der Waals surface area contributed by atoms with E-state index in [4.69, 9.17) is 16.3 Å². The van der Waals surface area contributed by atoms with Gasteiger partial charge in [-0.3, -0.25) is 0 Å². The van der Waals surface area contributed by atoms with Gasteiger partial charge in [0.25, 0.3) is 0 Å². The number of halogens is 2. The Morgan fingerprint density at radius 3 is 3.05 bits per heavy atom. The zero-order valence-corrected chi connectivity index (χ0v) is 12.9. The Balaban J connectivity index is 1.87. The van der Waals surface area contributed by atoms with Crippen molar-refractivity contribution >= 4 is 22.6 Å². The molecule has 2 heterocycles. The number of hydrogen-bond donors (Lipinski definition) is 0. The first-order valence-electron chi connectivity index (χ1n) is 7.56. The van der Waals surface area contributed by atoms with Crippen molar-refractivity contribution in [1.82, 2.24) is 9.55 Å². The van der Waals surface area contributed by atoms with Crippen molar-refractivity contribution in [3.05, 3.63) is 29.8 Å². The van der Waals surface area contributed by atoms with Gasteiger partial charge in [-0.15, -0.1) is 11.6 Å². The van der Waals surface area contributed by atoms with Crippen molar-refractivity contribution in [2.45, 2.75) is 50.6 Å². The Labute approximate surface area is 129 Å². The van der Waals surface area contributed by atoms with Crippen LogP contribution in [0, 0.1) is 5.82 Å². The summed E-state index contributed by atoms with van der Waals surface area (Å²) in [5.74, 6) is 0.555. The fourth-order valence-electron chi connectivity index (χ4n) is 2.96. The largest absolute Gasteiger partial charge is 0.378 e. The molecule has 1 fully saturated rings. The molecule has 0 aliphatic carbocycles. The molecule has 5 heteroatoms. The molecular formula is C16H20ClFN2O. The van der Waals surface area contributed by atoms with Crippen molar-refractivity contribution < 1.29 is 9.13 Å². The summed E-state index contributed by atoms with van der Waals surface area (Å²) in [6, 6.07) is 4.68. The van der Waals surface area contributed by atoms with Gasteiger partial charge in [0.1, 0.15) is 11.6 Å². The number of aryl methyl sites for hydroxylation is 1. The van der Waals surface area contributed by atoms with Crippen LogP contribution in [0.3, 0.4) is 0 Å². The molecule has 1 saturated heterocycles. The van der Waals surface area contributed by atoms with E-state index in [0.717, 1.165) is 49.3 Å². The minimum absolute atomic E-state index is 0.201. The normalized spacial score (nSPS) is 20.8. The van der Waals surface area contributed by atoms with E-state index in [2.05, 4.69) is 4.98 Å². The SMILES string of the molecule is CC(Cl)c1nc2ccc(F)cc2n1CCC1CCCCO1. The molecule has 0 N–H and O–H groups in total. The number of aromatic nitrogens is 2. The minimum atomic E-state index is -0.244. The Hall–Kier alpha value is -1.13. The number of alkyl halides is 1. The third kappa shape index (κ3) is 3.22. The third-order valence-electron chi connectivity index (χ3n) is 4.04. The van der Waals surface area contributed by atoms with Crippen LogP contribution in [-0.2, 0) is 11.3 Å². The van der Waals surface area contributed by atoms with Crippen molar-refractivity contribution in [2.75, 3.05) is 6.61 Å². The monoisotopic (exact) mass is 310 g/mol. The molecule has 114 valence electrons. The van der Waals surface area contributed by atoms with Crippen molar-refractivity contribution in [3.63, 3.8) is 0 Å². The zero-order chi connectivity index (χ0) is 14.8. The molecule has 0 amide bonds. The lowest BCUT2D eigenvalue weighted by Gasteiger charge is -2.23. The number of imidazole rings is 1. The summed E-state index contributed by atoms with van der Waals surface area (Å²) in [7, 11) is 0. The Bertz CT molecular complexity index is 620. The first-order chi connectivity index (χ1) is 10.1. The predicted molar refractivity (Wildman–Crippen MR) is 82.2 cm³/mol. The van der Waals surface area contributed by atoms with Crippen LogP contribution < -0.4 is 0 Å². The molecule has 21 heavy (non-hydrogen) atoms. The van der Waals surface area contributed by atoms with E-state index in [1.165, 1.54) is 18.6 Å². The van der Waals surface area contributed by atoms with Crippen LogP contribution in [0.2, 0.25) is 0 Å². The maximum Gasteiger partial charge on any atom is 0.127 e. The van der Waals surface area contributed by atoms with Gasteiger partial charge in [0, 0.05) is 13.2 Å². The minimum Gasteiger partial charge on any atom is -0.378 e. The van der Waals surface area contributed by atoms with Gasteiger partial charge in [0.2, 0.25) is 0 Å². The van der Waals surface area contributed by atoms with E-state index in [-0.39, 0.29) is 11.2 Å². The quantitative estimate of drug-likeness (QED) is 0.781. The average Bonchev–Trinajstić information content (AvgIpc) is 2.84. The van der Waals surface area contributed by atoms with Crippen molar-refractivity contribution in [3.8, 4) is 0 Å². The second-order valence-corrected chi connectivity index (χ2v) is 6.30. The third-order valence-corrected chi connectivity index (χ3v) is 4.24. The van der Waals surface area contributed by atoms with Crippen LogP contribution in [0.15, 0.2) is 18.2 Å². The van der Waals surface area contributed by atoms with Crippen LogP contribution in [0.25, 0.3) is 11.0 Å². The van der Waals surface area contributed by atoms with Crippen LogP contribution in [-0.4, -0.2) is 22.3 Å². The number of nitrogens with zero attached hydrogens (tertiary/aromatic N) is 2. The van der Waals surface area contributed by atoms with Crippen LogP contribution in [0.4, 0.5) is 4.39 Å². The van der Waals surface area contributed by atoms with Crippen molar-refractivity contribution in [2.24, 2.45) is 0 Å². The van der Waals surface area contributed by atoms with Gasteiger partial charge in [0.15, 0.2) is 0 Å². The van der Waals surface area contributed by atoms with Gasteiger partial charge < -0.3 is 9.30 Å². The highest BCUT2D eigenvalue weighted by Crippen LogP contribution is 2.26. The van der Waals surface area contributed by atoms with Gasteiger partial charge in [-0.1, -0.05) is 0 Å². The van der Waals surface area contributed by atoms with E-state index >= 15 is 0 Å². The predicted octanol–water partition coefficient (Wildman–Crippen LogP) is 4.43. The molecule has 3 nitrogen and oxygen atoms in total. The maximum absolute atomic E-state index is 13.5. The molecule has 2 aromatic rings. The fraction of sp³-hybridized carbons (Fsp3) is 0.562. The van der Waals surface area contributed by atoms with E-state index in [9.17, 15) is 4.39 Å². The molecule has 3 rings (SSSR count).